The van der Waals surface area contributed by atoms with Gasteiger partial charge in [-0.25, -0.2) is 12.8 Å². The molecule has 2 aromatic carbocycles. The van der Waals surface area contributed by atoms with Gasteiger partial charge in [0.2, 0.25) is 10.0 Å². The molecule has 0 aliphatic rings. The van der Waals surface area contributed by atoms with E-state index in [1.165, 1.54) is 12.1 Å². The van der Waals surface area contributed by atoms with Gasteiger partial charge in [0.05, 0.1) is 11.9 Å². The number of aryl methyl sites for hydroxylation is 1. The van der Waals surface area contributed by atoms with Crippen LogP contribution in [0.1, 0.15) is 16.7 Å². The number of benzene rings is 2. The number of para-hydroxylation sites is 1. The summed E-state index contributed by atoms with van der Waals surface area (Å²) in [6, 6.07) is 11.9. The Hall–Kier alpha value is -2.61. The second kappa shape index (κ2) is 9.36. The van der Waals surface area contributed by atoms with Gasteiger partial charge in [-0.2, -0.15) is 0 Å². The molecule has 8 heteroatoms. The quantitative estimate of drug-likeness (QED) is 0.499. The minimum absolute atomic E-state index is 0.233. The van der Waals surface area contributed by atoms with Crippen molar-refractivity contribution in [3.8, 4) is 0 Å². The summed E-state index contributed by atoms with van der Waals surface area (Å²) in [5, 5.41) is 6.37. The van der Waals surface area contributed by atoms with Gasteiger partial charge in [0.15, 0.2) is 5.96 Å². The van der Waals surface area contributed by atoms with E-state index < -0.39 is 10.0 Å². The van der Waals surface area contributed by atoms with Gasteiger partial charge in [-0.15, -0.1) is 0 Å². The summed E-state index contributed by atoms with van der Waals surface area (Å²) in [6.07, 6.45) is 1.86. The van der Waals surface area contributed by atoms with Gasteiger partial charge in [0.25, 0.3) is 0 Å². The largest absolute Gasteiger partial charge is 0.356 e. The topological polar surface area (TPSA) is 82.6 Å². The number of rotatable bonds is 7. The molecule has 0 aromatic heterocycles. The normalized spacial score (nSPS) is 11.9. The van der Waals surface area contributed by atoms with Crippen molar-refractivity contribution in [2.75, 3.05) is 24.6 Å². The first-order chi connectivity index (χ1) is 12.8. The highest BCUT2D eigenvalue weighted by molar-refractivity contribution is 7.92. The molecule has 0 saturated carbocycles. The molecule has 146 valence electrons. The lowest BCUT2D eigenvalue weighted by atomic mass is 10.1. The van der Waals surface area contributed by atoms with E-state index in [-0.39, 0.29) is 5.82 Å². The Morgan fingerprint density at radius 3 is 2.52 bits per heavy atom. The van der Waals surface area contributed by atoms with Crippen LogP contribution in [0.4, 0.5) is 10.1 Å². The Labute approximate surface area is 160 Å². The molecular formula is C19H25FN4O2S. The fourth-order valence-electron chi connectivity index (χ4n) is 2.63. The van der Waals surface area contributed by atoms with Crippen molar-refractivity contribution in [2.24, 2.45) is 4.99 Å². The first-order valence-corrected chi connectivity index (χ1v) is 10.4. The highest BCUT2D eigenvalue weighted by atomic mass is 32.2. The maximum absolute atomic E-state index is 13.2. The van der Waals surface area contributed by atoms with Gasteiger partial charge in [-0.1, -0.05) is 24.3 Å². The van der Waals surface area contributed by atoms with Crippen LogP contribution in [-0.2, 0) is 23.0 Å². The zero-order valence-electron chi connectivity index (χ0n) is 15.7. The molecule has 27 heavy (non-hydrogen) atoms. The van der Waals surface area contributed by atoms with Gasteiger partial charge in [0, 0.05) is 20.1 Å². The van der Waals surface area contributed by atoms with Crippen molar-refractivity contribution < 1.29 is 12.8 Å². The Balaban J connectivity index is 1.91. The molecule has 2 aromatic rings. The number of guanidine groups is 1. The van der Waals surface area contributed by atoms with E-state index in [1.807, 2.05) is 19.1 Å². The summed E-state index contributed by atoms with van der Waals surface area (Å²) >= 11 is 0. The van der Waals surface area contributed by atoms with E-state index in [9.17, 15) is 12.8 Å². The van der Waals surface area contributed by atoms with Crippen molar-refractivity contribution in [3.05, 3.63) is 65.0 Å². The molecule has 6 nitrogen and oxygen atoms in total. The maximum Gasteiger partial charge on any atom is 0.229 e. The Morgan fingerprint density at radius 1 is 1.11 bits per heavy atom. The minimum Gasteiger partial charge on any atom is -0.356 e. The zero-order valence-corrected chi connectivity index (χ0v) is 16.5. The molecule has 3 N–H and O–H groups in total. The number of halogens is 1. The summed E-state index contributed by atoms with van der Waals surface area (Å²) in [6.45, 7) is 2.93. The summed E-state index contributed by atoms with van der Waals surface area (Å²) in [7, 11) is -1.68. The van der Waals surface area contributed by atoms with Crippen molar-refractivity contribution in [1.82, 2.24) is 10.6 Å². The van der Waals surface area contributed by atoms with Crippen molar-refractivity contribution >= 4 is 21.7 Å². The molecule has 0 bridgehead atoms. The summed E-state index contributed by atoms with van der Waals surface area (Å²) < 4.78 is 38.6. The van der Waals surface area contributed by atoms with Crippen LogP contribution in [0.25, 0.3) is 0 Å². The van der Waals surface area contributed by atoms with Gasteiger partial charge in [-0.05, 0) is 48.2 Å². The lowest BCUT2D eigenvalue weighted by Crippen LogP contribution is -2.38. The van der Waals surface area contributed by atoms with Crippen molar-refractivity contribution in [2.45, 2.75) is 19.9 Å². The van der Waals surface area contributed by atoms with Crippen molar-refractivity contribution in [3.63, 3.8) is 0 Å². The SMILES string of the molecule is CN=C(NCCc1ccc(F)cc1C)NCc1ccccc1NS(C)(=O)=O. The van der Waals surface area contributed by atoms with Crippen LogP contribution in [0.3, 0.4) is 0 Å². The average molecular weight is 393 g/mol. The zero-order chi connectivity index (χ0) is 19.9. The fraction of sp³-hybridized carbons (Fsp3) is 0.316. The molecule has 0 amide bonds. The summed E-state index contributed by atoms with van der Waals surface area (Å²) in [4.78, 5) is 4.17. The van der Waals surface area contributed by atoms with Crippen LogP contribution in [0.2, 0.25) is 0 Å². The number of anilines is 1. The van der Waals surface area contributed by atoms with E-state index in [0.29, 0.717) is 24.7 Å². The first-order valence-electron chi connectivity index (χ1n) is 8.54. The third kappa shape index (κ3) is 6.90. The first kappa shape index (κ1) is 20.7. The van der Waals surface area contributed by atoms with Crippen LogP contribution in [-0.4, -0.2) is 34.2 Å². The lowest BCUT2D eigenvalue weighted by molar-refractivity contribution is 0.606. The number of nitrogens with one attached hydrogen (secondary N) is 3. The Bertz CT molecular complexity index is 914. The molecule has 0 radical (unpaired) electrons. The number of sulfonamides is 1. The monoisotopic (exact) mass is 392 g/mol. The van der Waals surface area contributed by atoms with Gasteiger partial charge < -0.3 is 10.6 Å². The summed E-state index contributed by atoms with van der Waals surface area (Å²) in [5.41, 5.74) is 3.33. The predicted octanol–water partition coefficient (Wildman–Crippen LogP) is 2.41. The molecule has 0 saturated heterocycles. The van der Waals surface area contributed by atoms with E-state index in [0.717, 1.165) is 29.4 Å². The van der Waals surface area contributed by atoms with E-state index >= 15 is 0 Å². The number of nitrogens with zero attached hydrogens (tertiary/aromatic N) is 1. The Morgan fingerprint density at radius 2 is 1.85 bits per heavy atom. The highest BCUT2D eigenvalue weighted by Crippen LogP contribution is 2.16. The van der Waals surface area contributed by atoms with Gasteiger partial charge >= 0.3 is 0 Å². The summed E-state index contributed by atoms with van der Waals surface area (Å²) in [5.74, 6) is 0.368. The van der Waals surface area contributed by atoms with Crippen molar-refractivity contribution in [1.29, 1.82) is 0 Å². The second-order valence-corrected chi connectivity index (χ2v) is 7.95. The van der Waals surface area contributed by atoms with Crippen LogP contribution in [0, 0.1) is 12.7 Å². The molecule has 0 aliphatic carbocycles. The molecule has 0 spiro atoms. The number of hydrogen-bond donors (Lipinski definition) is 3. The van der Waals surface area contributed by atoms with Crippen LogP contribution >= 0.6 is 0 Å². The standard InChI is InChI=1S/C19H25FN4O2S/c1-14-12-17(20)9-8-15(14)10-11-22-19(21-2)23-13-16-6-4-5-7-18(16)24-27(3,25)26/h4-9,12,24H,10-11,13H2,1-3H3,(H2,21,22,23). The number of hydrogen-bond acceptors (Lipinski definition) is 3. The predicted molar refractivity (Wildman–Crippen MR) is 108 cm³/mol. The maximum atomic E-state index is 13.2. The van der Waals surface area contributed by atoms with Gasteiger partial charge in [0.1, 0.15) is 5.82 Å². The average Bonchev–Trinajstić information content (AvgIpc) is 2.59. The molecule has 2 rings (SSSR count). The second-order valence-electron chi connectivity index (χ2n) is 6.20. The van der Waals surface area contributed by atoms with Crippen LogP contribution < -0.4 is 15.4 Å². The number of aliphatic imine (C=N–C) groups is 1. The minimum atomic E-state index is -3.35. The molecule has 0 fully saturated rings. The molecule has 0 unspecified atom stereocenters. The third-order valence-electron chi connectivity index (χ3n) is 3.97. The van der Waals surface area contributed by atoms with E-state index in [2.05, 4.69) is 20.3 Å². The molecule has 0 aliphatic heterocycles. The fourth-order valence-corrected chi connectivity index (χ4v) is 3.23. The lowest BCUT2D eigenvalue weighted by Gasteiger charge is -2.15. The molecule has 0 atom stereocenters. The van der Waals surface area contributed by atoms with Crippen LogP contribution in [0.5, 0.6) is 0 Å². The van der Waals surface area contributed by atoms with Gasteiger partial charge in [-0.3, -0.25) is 9.71 Å². The highest BCUT2D eigenvalue weighted by Gasteiger charge is 2.08. The smallest absolute Gasteiger partial charge is 0.229 e. The molecular weight excluding hydrogens is 367 g/mol. The van der Waals surface area contributed by atoms with Crippen LogP contribution in [0.15, 0.2) is 47.5 Å². The molecule has 0 heterocycles. The Kier molecular flexibility index (Phi) is 7.18. The third-order valence-corrected chi connectivity index (χ3v) is 4.56. The van der Waals surface area contributed by atoms with E-state index in [4.69, 9.17) is 0 Å². The van der Waals surface area contributed by atoms with E-state index in [1.54, 1.807) is 25.2 Å².